The molecule has 5 heteroatoms. The highest BCUT2D eigenvalue weighted by Gasteiger charge is 2.39. The van der Waals surface area contributed by atoms with Crippen LogP contribution in [0, 0.1) is 12.3 Å². The summed E-state index contributed by atoms with van der Waals surface area (Å²) in [4.78, 5) is 18.5. The van der Waals surface area contributed by atoms with Crippen molar-refractivity contribution >= 4 is 22.5 Å². The van der Waals surface area contributed by atoms with Crippen molar-refractivity contribution in [1.82, 2.24) is 4.98 Å². The topological polar surface area (TPSA) is 57.9 Å². The van der Waals surface area contributed by atoms with Gasteiger partial charge >= 0.3 is 0 Å². The van der Waals surface area contributed by atoms with Crippen LogP contribution < -0.4 is 4.90 Å². The highest BCUT2D eigenvalue weighted by molar-refractivity contribution is 6.02. The minimum atomic E-state index is -0.414. The van der Waals surface area contributed by atoms with E-state index in [1.54, 1.807) is 18.1 Å². The van der Waals surface area contributed by atoms with Gasteiger partial charge in [0.15, 0.2) is 5.66 Å². The van der Waals surface area contributed by atoms with E-state index in [0.717, 1.165) is 23.0 Å². The third-order valence-corrected chi connectivity index (χ3v) is 4.15. The van der Waals surface area contributed by atoms with Gasteiger partial charge in [-0.15, -0.1) is 12.3 Å². The van der Waals surface area contributed by atoms with Crippen LogP contribution in [0.15, 0.2) is 46.8 Å². The van der Waals surface area contributed by atoms with E-state index in [0.29, 0.717) is 19.3 Å². The lowest BCUT2D eigenvalue weighted by Crippen LogP contribution is -2.27. The molecule has 0 bridgehead atoms. The fourth-order valence-corrected chi connectivity index (χ4v) is 2.66. The quantitative estimate of drug-likeness (QED) is 0.766. The molecule has 1 aromatic carbocycles. The van der Waals surface area contributed by atoms with Crippen molar-refractivity contribution in [1.29, 1.82) is 0 Å². The fourth-order valence-electron chi connectivity index (χ4n) is 2.66. The van der Waals surface area contributed by atoms with Crippen LogP contribution >= 0.6 is 0 Å². The number of pyridine rings is 1. The van der Waals surface area contributed by atoms with Crippen molar-refractivity contribution in [3.63, 3.8) is 0 Å². The number of fused-ring (bicyclic) bond motifs is 1. The van der Waals surface area contributed by atoms with E-state index in [-0.39, 0.29) is 5.91 Å². The Morgan fingerprint density at radius 3 is 2.83 bits per heavy atom. The minimum Gasteiger partial charge on any atom is -0.315 e. The molecule has 1 aliphatic heterocycles. The van der Waals surface area contributed by atoms with Crippen molar-refractivity contribution in [2.24, 2.45) is 10.2 Å². The van der Waals surface area contributed by atoms with Crippen molar-refractivity contribution in [3.8, 4) is 12.3 Å². The molecule has 0 aliphatic carbocycles. The molecular formula is C18H18N4O. The maximum atomic E-state index is 12.5. The number of benzene rings is 1. The normalized spacial score (nSPS) is 14.4. The Kier molecular flexibility index (Phi) is 4.07. The number of carbonyl (C=O) groups excluding carboxylic acids is 1. The van der Waals surface area contributed by atoms with Gasteiger partial charge in [-0.2, -0.15) is 10.2 Å². The van der Waals surface area contributed by atoms with Crippen LogP contribution in [0.2, 0.25) is 0 Å². The second kappa shape index (κ2) is 6.17. The van der Waals surface area contributed by atoms with Gasteiger partial charge in [-0.05, 0) is 24.3 Å². The molecule has 5 nitrogen and oxygen atoms in total. The van der Waals surface area contributed by atoms with E-state index in [1.165, 1.54) is 0 Å². The first kappa shape index (κ1) is 15.2. The van der Waals surface area contributed by atoms with Crippen molar-refractivity contribution in [2.45, 2.75) is 31.3 Å². The summed E-state index contributed by atoms with van der Waals surface area (Å²) in [5.41, 5.74) is 1.33. The van der Waals surface area contributed by atoms with E-state index >= 15 is 0 Å². The van der Waals surface area contributed by atoms with Crippen molar-refractivity contribution < 1.29 is 4.79 Å². The molecule has 3 rings (SSSR count). The standard InChI is InChI=1S/C18H18N4O/c1-3-4-11-18(20-21-18)12-10-17(23)22(2)16-9-5-8-15-14(16)7-6-13-19-15/h1,5-9,13H,4,10-12H2,2H3. The number of rotatable bonds is 6. The van der Waals surface area contributed by atoms with Crippen LogP contribution in [0.3, 0.4) is 0 Å². The van der Waals surface area contributed by atoms with Crippen LogP contribution in [0.25, 0.3) is 10.9 Å². The van der Waals surface area contributed by atoms with Gasteiger partial charge in [0.25, 0.3) is 0 Å². The molecule has 1 aliphatic rings. The van der Waals surface area contributed by atoms with E-state index in [9.17, 15) is 4.79 Å². The number of anilines is 1. The highest BCUT2D eigenvalue weighted by atomic mass is 16.2. The first-order valence-electron chi connectivity index (χ1n) is 7.63. The molecule has 23 heavy (non-hydrogen) atoms. The third kappa shape index (κ3) is 3.21. The van der Waals surface area contributed by atoms with Crippen molar-refractivity contribution in [3.05, 3.63) is 36.5 Å². The summed E-state index contributed by atoms with van der Waals surface area (Å²) in [5.74, 6) is 2.64. The van der Waals surface area contributed by atoms with Crippen LogP contribution in [0.4, 0.5) is 5.69 Å². The Hall–Kier alpha value is -2.74. The zero-order chi connectivity index (χ0) is 16.3. The maximum Gasteiger partial charge on any atom is 0.226 e. The summed E-state index contributed by atoms with van der Waals surface area (Å²) in [7, 11) is 1.79. The molecule has 0 atom stereocenters. The minimum absolute atomic E-state index is 0.0405. The second-order valence-corrected chi connectivity index (χ2v) is 5.69. The predicted molar refractivity (Wildman–Crippen MR) is 90.0 cm³/mol. The number of terminal acetylenes is 1. The number of hydrogen-bond acceptors (Lipinski definition) is 4. The predicted octanol–water partition coefficient (Wildman–Crippen LogP) is 3.55. The van der Waals surface area contributed by atoms with Gasteiger partial charge in [0.1, 0.15) is 0 Å². The van der Waals surface area contributed by atoms with E-state index in [4.69, 9.17) is 6.42 Å². The van der Waals surface area contributed by atoms with Gasteiger partial charge in [0, 0.05) is 44.3 Å². The number of hydrogen-bond donors (Lipinski definition) is 0. The first-order chi connectivity index (χ1) is 11.2. The summed E-state index contributed by atoms with van der Waals surface area (Å²) in [6.07, 6.45) is 9.39. The second-order valence-electron chi connectivity index (χ2n) is 5.69. The molecule has 116 valence electrons. The van der Waals surface area contributed by atoms with Crippen molar-refractivity contribution in [2.75, 3.05) is 11.9 Å². The number of aromatic nitrogens is 1. The molecule has 2 heterocycles. The number of amides is 1. The molecule has 0 fully saturated rings. The molecule has 0 N–H and O–H groups in total. The Morgan fingerprint density at radius 1 is 1.26 bits per heavy atom. The molecule has 0 unspecified atom stereocenters. The largest absolute Gasteiger partial charge is 0.315 e. The zero-order valence-corrected chi connectivity index (χ0v) is 13.1. The lowest BCUT2D eigenvalue weighted by atomic mass is 10.0. The summed E-state index contributed by atoms with van der Waals surface area (Å²) in [5, 5.41) is 9.11. The van der Waals surface area contributed by atoms with Gasteiger partial charge in [-0.3, -0.25) is 9.78 Å². The Labute approximate surface area is 135 Å². The molecule has 0 spiro atoms. The molecule has 0 saturated carbocycles. The van der Waals surface area contributed by atoms with Crippen LogP contribution in [-0.2, 0) is 4.79 Å². The monoisotopic (exact) mass is 306 g/mol. The highest BCUT2D eigenvalue weighted by Crippen LogP contribution is 2.38. The summed E-state index contributed by atoms with van der Waals surface area (Å²) >= 11 is 0. The van der Waals surface area contributed by atoms with E-state index in [2.05, 4.69) is 21.1 Å². The average Bonchev–Trinajstić information content (AvgIpc) is 3.37. The fraction of sp³-hybridized carbons (Fsp3) is 0.333. The maximum absolute atomic E-state index is 12.5. The molecule has 0 saturated heterocycles. The smallest absolute Gasteiger partial charge is 0.226 e. The van der Waals surface area contributed by atoms with Gasteiger partial charge in [0.05, 0.1) is 11.2 Å². The van der Waals surface area contributed by atoms with Crippen LogP contribution in [0.5, 0.6) is 0 Å². The summed E-state index contributed by atoms with van der Waals surface area (Å²) < 4.78 is 0. The number of nitrogens with zero attached hydrogens (tertiary/aromatic N) is 4. The SMILES string of the molecule is C#CCCC1(CCC(=O)N(C)c2cccc3ncccc23)N=N1. The summed E-state index contributed by atoms with van der Waals surface area (Å²) in [6, 6.07) is 9.63. The molecule has 1 aromatic heterocycles. The average molecular weight is 306 g/mol. The van der Waals surface area contributed by atoms with Gasteiger partial charge < -0.3 is 4.90 Å². The molecule has 1 amide bonds. The van der Waals surface area contributed by atoms with Gasteiger partial charge in [0.2, 0.25) is 5.91 Å². The zero-order valence-electron chi connectivity index (χ0n) is 13.1. The van der Waals surface area contributed by atoms with E-state index < -0.39 is 5.66 Å². The lowest BCUT2D eigenvalue weighted by Gasteiger charge is -2.20. The Morgan fingerprint density at radius 2 is 2.09 bits per heavy atom. The molecule has 0 radical (unpaired) electrons. The lowest BCUT2D eigenvalue weighted by molar-refractivity contribution is -0.118. The van der Waals surface area contributed by atoms with Crippen LogP contribution in [-0.4, -0.2) is 23.6 Å². The van der Waals surface area contributed by atoms with Gasteiger partial charge in [-0.25, -0.2) is 0 Å². The summed E-state index contributed by atoms with van der Waals surface area (Å²) in [6.45, 7) is 0. The Balaban J connectivity index is 1.69. The van der Waals surface area contributed by atoms with Gasteiger partial charge in [-0.1, -0.05) is 6.07 Å². The Bertz CT molecular complexity index is 795. The number of carbonyl (C=O) groups is 1. The first-order valence-corrected chi connectivity index (χ1v) is 7.63. The van der Waals surface area contributed by atoms with E-state index in [1.807, 2.05) is 30.3 Å². The molecule has 2 aromatic rings. The third-order valence-electron chi connectivity index (χ3n) is 4.15. The molecular weight excluding hydrogens is 288 g/mol. The van der Waals surface area contributed by atoms with Crippen LogP contribution in [0.1, 0.15) is 25.7 Å².